The molecule has 0 aliphatic carbocycles. The van der Waals surface area contributed by atoms with Gasteiger partial charge in [0.05, 0.1) is 6.61 Å². The van der Waals surface area contributed by atoms with Gasteiger partial charge in [-0.3, -0.25) is 0 Å². The van der Waals surface area contributed by atoms with Crippen LogP contribution in [0.25, 0.3) is 0 Å². The van der Waals surface area contributed by atoms with E-state index in [-0.39, 0.29) is 5.97 Å². The Labute approximate surface area is 143 Å². The van der Waals surface area contributed by atoms with E-state index in [0.29, 0.717) is 6.61 Å². The Bertz CT molecular complexity index is 468. The van der Waals surface area contributed by atoms with Crippen molar-refractivity contribution in [3.63, 3.8) is 0 Å². The summed E-state index contributed by atoms with van der Waals surface area (Å²) in [5, 5.41) is 0. The summed E-state index contributed by atoms with van der Waals surface area (Å²) in [6, 6.07) is 0. The van der Waals surface area contributed by atoms with Gasteiger partial charge in [-0.2, -0.15) is 0 Å². The number of allylic oxidation sites excluding steroid dienone is 7. The maximum Gasteiger partial charge on any atom is 0.330 e. The second-order valence-electron chi connectivity index (χ2n) is 6.45. The van der Waals surface area contributed by atoms with Crippen molar-refractivity contribution in [1.82, 2.24) is 0 Å². The van der Waals surface area contributed by atoms with Crippen molar-refractivity contribution in [2.45, 2.75) is 73.6 Å². The fourth-order valence-electron chi connectivity index (χ4n) is 2.13. The van der Waals surface area contributed by atoms with E-state index >= 15 is 0 Å². The number of hydrogen-bond acceptors (Lipinski definition) is 2. The van der Waals surface area contributed by atoms with Gasteiger partial charge in [0.2, 0.25) is 0 Å². The van der Waals surface area contributed by atoms with E-state index in [2.05, 4.69) is 45.9 Å². The van der Waals surface area contributed by atoms with Crippen LogP contribution in [0, 0.1) is 0 Å². The summed E-state index contributed by atoms with van der Waals surface area (Å²) < 4.78 is 4.94. The molecule has 0 spiro atoms. The summed E-state index contributed by atoms with van der Waals surface area (Å²) >= 11 is 0. The van der Waals surface area contributed by atoms with Crippen molar-refractivity contribution < 1.29 is 9.53 Å². The monoisotopic (exact) mass is 318 g/mol. The van der Waals surface area contributed by atoms with Gasteiger partial charge >= 0.3 is 5.97 Å². The van der Waals surface area contributed by atoms with Gasteiger partial charge in [0.15, 0.2) is 0 Å². The Kier molecular flexibility index (Phi) is 12.0. The molecule has 0 rings (SSSR count). The molecule has 0 aliphatic heterocycles. The van der Waals surface area contributed by atoms with Crippen LogP contribution in [0.4, 0.5) is 0 Å². The van der Waals surface area contributed by atoms with Crippen LogP contribution in [0.2, 0.25) is 0 Å². The second-order valence-corrected chi connectivity index (χ2v) is 6.45. The molecule has 0 aromatic carbocycles. The smallest absolute Gasteiger partial charge is 0.330 e. The number of hydrogen-bond donors (Lipinski definition) is 0. The zero-order valence-corrected chi connectivity index (χ0v) is 15.9. The van der Waals surface area contributed by atoms with Crippen LogP contribution >= 0.6 is 0 Å². The van der Waals surface area contributed by atoms with E-state index in [0.717, 1.165) is 37.7 Å². The molecule has 0 aromatic rings. The Hall–Kier alpha value is -1.57. The second kappa shape index (κ2) is 12.9. The molecule has 0 aliphatic rings. The minimum absolute atomic E-state index is 0.234. The van der Waals surface area contributed by atoms with Gasteiger partial charge in [0.1, 0.15) is 0 Å². The first kappa shape index (κ1) is 21.4. The average molecular weight is 319 g/mol. The maximum absolute atomic E-state index is 11.4. The maximum atomic E-state index is 11.4. The van der Waals surface area contributed by atoms with Crippen molar-refractivity contribution in [2.75, 3.05) is 6.61 Å². The molecule has 23 heavy (non-hydrogen) atoms. The van der Waals surface area contributed by atoms with Gasteiger partial charge in [-0.25, -0.2) is 4.79 Å². The van der Waals surface area contributed by atoms with Crippen molar-refractivity contribution in [2.24, 2.45) is 0 Å². The molecule has 0 N–H and O–H groups in total. The Morgan fingerprint density at radius 2 is 1.48 bits per heavy atom. The molecule has 130 valence electrons. The van der Waals surface area contributed by atoms with E-state index in [1.165, 1.54) is 16.7 Å². The van der Waals surface area contributed by atoms with Crippen molar-refractivity contribution in [3.05, 3.63) is 46.6 Å². The molecule has 0 fully saturated rings. The molecule has 2 heteroatoms. The van der Waals surface area contributed by atoms with Crippen LogP contribution < -0.4 is 0 Å². The van der Waals surface area contributed by atoms with Gasteiger partial charge in [-0.15, -0.1) is 0 Å². The third-order valence-corrected chi connectivity index (χ3v) is 3.41. The zero-order chi connectivity index (χ0) is 17.7. The fourth-order valence-corrected chi connectivity index (χ4v) is 2.13. The van der Waals surface area contributed by atoms with Crippen molar-refractivity contribution in [1.29, 1.82) is 0 Å². The zero-order valence-electron chi connectivity index (χ0n) is 15.9. The summed E-state index contributed by atoms with van der Waals surface area (Å²) in [6.45, 7) is 12.8. The van der Waals surface area contributed by atoms with Gasteiger partial charge in [-0.05, 0) is 73.6 Å². The van der Waals surface area contributed by atoms with E-state index in [9.17, 15) is 4.79 Å². The largest absolute Gasteiger partial charge is 0.463 e. The standard InChI is InChI=1S/C21H34O2/c1-7-23-21(22)16-19(6)11-9-13-20(15-14-18(4)5)12-8-10-17(2)3/h10,13-14,16H,7-9,11-12,15H2,1-6H3. The van der Waals surface area contributed by atoms with Crippen LogP contribution in [0.5, 0.6) is 0 Å². The molecule has 0 atom stereocenters. The Morgan fingerprint density at radius 1 is 0.870 bits per heavy atom. The molecule has 0 saturated heterocycles. The fraction of sp³-hybridized carbons (Fsp3) is 0.571. The van der Waals surface area contributed by atoms with Gasteiger partial charge < -0.3 is 4.74 Å². The number of rotatable bonds is 10. The van der Waals surface area contributed by atoms with Gasteiger partial charge in [0.25, 0.3) is 0 Å². The lowest BCUT2D eigenvalue weighted by Gasteiger charge is -2.05. The predicted octanol–water partition coefficient (Wildman–Crippen LogP) is 6.31. The summed E-state index contributed by atoms with van der Waals surface area (Å²) in [6.07, 6.45) is 13.6. The summed E-state index contributed by atoms with van der Waals surface area (Å²) in [4.78, 5) is 11.4. The summed E-state index contributed by atoms with van der Waals surface area (Å²) in [7, 11) is 0. The number of esters is 1. The Morgan fingerprint density at radius 3 is 2.04 bits per heavy atom. The minimum Gasteiger partial charge on any atom is -0.463 e. The predicted molar refractivity (Wildman–Crippen MR) is 100 cm³/mol. The van der Waals surface area contributed by atoms with Crippen LogP contribution in [-0.2, 0) is 9.53 Å². The van der Waals surface area contributed by atoms with E-state index in [1.807, 2.05) is 13.8 Å². The lowest BCUT2D eigenvalue weighted by atomic mass is 10.0. The first-order chi connectivity index (χ1) is 10.8. The average Bonchev–Trinajstić information content (AvgIpc) is 2.43. The Balaban J connectivity index is 4.58. The third-order valence-electron chi connectivity index (χ3n) is 3.41. The highest BCUT2D eigenvalue weighted by molar-refractivity contribution is 5.82. The van der Waals surface area contributed by atoms with Crippen molar-refractivity contribution in [3.8, 4) is 0 Å². The normalized spacial score (nSPS) is 11.9. The highest BCUT2D eigenvalue weighted by Crippen LogP contribution is 2.16. The summed E-state index contributed by atoms with van der Waals surface area (Å²) in [5.41, 5.74) is 5.29. The van der Waals surface area contributed by atoms with Gasteiger partial charge in [-0.1, -0.05) is 40.5 Å². The molecular weight excluding hydrogens is 284 g/mol. The molecule has 0 aromatic heterocycles. The van der Waals surface area contributed by atoms with Crippen LogP contribution in [-0.4, -0.2) is 12.6 Å². The van der Waals surface area contributed by atoms with Crippen molar-refractivity contribution >= 4 is 5.97 Å². The summed E-state index contributed by atoms with van der Waals surface area (Å²) in [5.74, 6) is -0.234. The van der Waals surface area contributed by atoms with Crippen LogP contribution in [0.15, 0.2) is 46.6 Å². The first-order valence-electron chi connectivity index (χ1n) is 8.63. The van der Waals surface area contributed by atoms with E-state index < -0.39 is 0 Å². The third kappa shape index (κ3) is 13.8. The number of ether oxygens (including phenoxy) is 1. The molecule has 0 heterocycles. The van der Waals surface area contributed by atoms with E-state index in [1.54, 1.807) is 6.08 Å². The first-order valence-corrected chi connectivity index (χ1v) is 8.63. The van der Waals surface area contributed by atoms with E-state index in [4.69, 9.17) is 4.74 Å². The molecule has 0 radical (unpaired) electrons. The lowest BCUT2D eigenvalue weighted by Crippen LogP contribution is -2.00. The molecule has 0 saturated carbocycles. The SMILES string of the molecule is CCOC(=O)C=C(C)CCC=C(CC=C(C)C)CCC=C(C)C. The molecule has 2 nitrogen and oxygen atoms in total. The van der Waals surface area contributed by atoms with Crippen LogP contribution in [0.1, 0.15) is 73.6 Å². The highest BCUT2D eigenvalue weighted by atomic mass is 16.5. The molecule has 0 amide bonds. The topological polar surface area (TPSA) is 26.3 Å². The molecular formula is C21H34O2. The molecule has 0 unspecified atom stereocenters. The number of carbonyl (C=O) groups is 1. The minimum atomic E-state index is -0.234. The van der Waals surface area contributed by atoms with Crippen LogP contribution in [0.3, 0.4) is 0 Å². The molecule has 0 bridgehead atoms. The number of carbonyl (C=O) groups excluding carboxylic acids is 1. The quantitative estimate of drug-likeness (QED) is 0.268. The van der Waals surface area contributed by atoms with Gasteiger partial charge in [0, 0.05) is 6.08 Å². The lowest BCUT2D eigenvalue weighted by molar-refractivity contribution is -0.137. The highest BCUT2D eigenvalue weighted by Gasteiger charge is 1.99.